The van der Waals surface area contributed by atoms with Gasteiger partial charge in [-0.15, -0.1) is 0 Å². The Morgan fingerprint density at radius 1 is 0.889 bits per heavy atom. The Bertz CT molecular complexity index is 1040. The predicted octanol–water partition coefficient (Wildman–Crippen LogP) is 5.97. The fourth-order valence-electron chi connectivity index (χ4n) is 2.56. The monoisotopic (exact) mass is 390 g/mol. The zero-order chi connectivity index (χ0) is 18.5. The van der Waals surface area contributed by atoms with Gasteiger partial charge in [-0.25, -0.2) is 4.98 Å². The molecule has 0 aliphatic rings. The van der Waals surface area contributed by atoms with Crippen LogP contribution in [-0.2, 0) is 0 Å². The van der Waals surface area contributed by atoms with Crippen LogP contribution in [0, 0.1) is 0 Å². The van der Waals surface area contributed by atoms with E-state index in [1.54, 1.807) is 23.7 Å². The van der Waals surface area contributed by atoms with Crippen molar-refractivity contribution in [3.05, 3.63) is 89.7 Å². The molecule has 6 heteroatoms. The summed E-state index contributed by atoms with van der Waals surface area (Å²) < 4.78 is 0. The quantitative estimate of drug-likeness (QED) is 0.337. The Balaban J connectivity index is 1.67. The standard InChI is InChI=1S/C21H15ClN4S/c22-17-11-9-16(10-12-17)20-19(15-6-2-1-3-7-15)25-21(27-20)26-24-14-18-8-4-5-13-23-18/h1-14H,(H,25,26)/b24-14-. The molecule has 0 aliphatic carbocycles. The highest BCUT2D eigenvalue weighted by atomic mass is 35.5. The third-order valence-corrected chi connectivity index (χ3v) is 5.09. The number of pyridine rings is 1. The molecule has 0 spiro atoms. The van der Waals surface area contributed by atoms with Gasteiger partial charge in [-0.05, 0) is 29.8 Å². The first-order valence-electron chi connectivity index (χ1n) is 8.32. The third-order valence-electron chi connectivity index (χ3n) is 3.83. The van der Waals surface area contributed by atoms with Crippen molar-refractivity contribution in [1.29, 1.82) is 0 Å². The number of hydrazone groups is 1. The van der Waals surface area contributed by atoms with Crippen LogP contribution in [0.5, 0.6) is 0 Å². The maximum atomic E-state index is 6.04. The number of nitrogens with one attached hydrogen (secondary N) is 1. The lowest BCUT2D eigenvalue weighted by molar-refractivity contribution is 1.26. The second-order valence-electron chi connectivity index (χ2n) is 5.69. The molecule has 0 saturated carbocycles. The van der Waals surface area contributed by atoms with Crippen molar-refractivity contribution in [3.63, 3.8) is 0 Å². The van der Waals surface area contributed by atoms with E-state index in [-0.39, 0.29) is 0 Å². The number of halogens is 1. The van der Waals surface area contributed by atoms with Crippen LogP contribution in [0.4, 0.5) is 5.13 Å². The Morgan fingerprint density at radius 2 is 1.67 bits per heavy atom. The summed E-state index contributed by atoms with van der Waals surface area (Å²) in [6.45, 7) is 0. The summed E-state index contributed by atoms with van der Waals surface area (Å²) in [5.74, 6) is 0. The van der Waals surface area contributed by atoms with Crippen molar-refractivity contribution in [2.75, 3.05) is 5.43 Å². The first kappa shape index (κ1) is 17.4. The second kappa shape index (κ2) is 8.12. The van der Waals surface area contributed by atoms with Gasteiger partial charge >= 0.3 is 0 Å². The van der Waals surface area contributed by atoms with E-state index >= 15 is 0 Å². The SMILES string of the molecule is Clc1ccc(-c2sc(N/N=C\c3ccccn3)nc2-c2ccccc2)cc1. The van der Waals surface area contributed by atoms with E-state index < -0.39 is 0 Å². The van der Waals surface area contributed by atoms with Crippen LogP contribution in [0.3, 0.4) is 0 Å². The summed E-state index contributed by atoms with van der Waals surface area (Å²) in [6.07, 6.45) is 3.41. The number of benzene rings is 2. The fourth-order valence-corrected chi connectivity index (χ4v) is 3.63. The molecule has 0 atom stereocenters. The van der Waals surface area contributed by atoms with E-state index in [0.29, 0.717) is 10.2 Å². The topological polar surface area (TPSA) is 50.2 Å². The van der Waals surface area contributed by atoms with Gasteiger partial charge in [0.05, 0.1) is 22.5 Å². The van der Waals surface area contributed by atoms with Crippen LogP contribution < -0.4 is 5.43 Å². The van der Waals surface area contributed by atoms with Gasteiger partial charge in [0.25, 0.3) is 0 Å². The Hall–Kier alpha value is -3.02. The number of hydrogen-bond donors (Lipinski definition) is 1. The molecule has 1 N–H and O–H groups in total. The van der Waals surface area contributed by atoms with Gasteiger partial charge in [0, 0.05) is 16.8 Å². The molecule has 4 rings (SSSR count). The lowest BCUT2D eigenvalue weighted by atomic mass is 10.1. The summed E-state index contributed by atoms with van der Waals surface area (Å²) in [7, 11) is 0. The Kier molecular flexibility index (Phi) is 5.23. The van der Waals surface area contributed by atoms with E-state index in [4.69, 9.17) is 16.6 Å². The van der Waals surface area contributed by atoms with Gasteiger partial charge in [0.2, 0.25) is 5.13 Å². The molecule has 2 aromatic carbocycles. The number of anilines is 1. The molecule has 2 heterocycles. The van der Waals surface area contributed by atoms with Crippen molar-refractivity contribution in [2.45, 2.75) is 0 Å². The smallest absolute Gasteiger partial charge is 0.204 e. The van der Waals surface area contributed by atoms with E-state index in [0.717, 1.165) is 27.4 Å². The molecule has 0 unspecified atom stereocenters. The maximum absolute atomic E-state index is 6.04. The van der Waals surface area contributed by atoms with Gasteiger partial charge in [-0.2, -0.15) is 5.10 Å². The number of hydrogen-bond acceptors (Lipinski definition) is 5. The minimum Gasteiger partial charge on any atom is -0.255 e. The maximum Gasteiger partial charge on any atom is 0.204 e. The van der Waals surface area contributed by atoms with Crippen LogP contribution in [0.15, 0.2) is 84.1 Å². The van der Waals surface area contributed by atoms with Gasteiger partial charge in [0.1, 0.15) is 0 Å². The molecule has 132 valence electrons. The average molecular weight is 391 g/mol. The van der Waals surface area contributed by atoms with Crippen molar-refractivity contribution < 1.29 is 0 Å². The van der Waals surface area contributed by atoms with Crippen LogP contribution in [0.25, 0.3) is 21.7 Å². The first-order chi connectivity index (χ1) is 13.3. The lowest BCUT2D eigenvalue weighted by Gasteiger charge is -2.02. The number of aromatic nitrogens is 2. The summed E-state index contributed by atoms with van der Waals surface area (Å²) in [6, 6.07) is 23.6. The molecule has 0 fully saturated rings. The number of thiazole rings is 1. The summed E-state index contributed by atoms with van der Waals surface area (Å²) in [5.41, 5.74) is 6.83. The molecule has 4 aromatic rings. The number of nitrogens with zero attached hydrogens (tertiary/aromatic N) is 3. The van der Waals surface area contributed by atoms with Crippen LogP contribution >= 0.6 is 22.9 Å². The lowest BCUT2D eigenvalue weighted by Crippen LogP contribution is -1.91. The van der Waals surface area contributed by atoms with E-state index in [1.807, 2.05) is 60.7 Å². The molecule has 0 radical (unpaired) electrons. The molecular formula is C21H15ClN4S. The highest BCUT2D eigenvalue weighted by Gasteiger charge is 2.14. The zero-order valence-electron chi connectivity index (χ0n) is 14.2. The van der Waals surface area contributed by atoms with E-state index in [2.05, 4.69) is 27.6 Å². The van der Waals surface area contributed by atoms with Gasteiger partial charge in [-0.3, -0.25) is 10.4 Å². The fraction of sp³-hybridized carbons (Fsp3) is 0. The van der Waals surface area contributed by atoms with Crippen LogP contribution in [0.1, 0.15) is 5.69 Å². The third kappa shape index (κ3) is 4.22. The molecule has 0 saturated heterocycles. The van der Waals surface area contributed by atoms with Crippen molar-refractivity contribution in [3.8, 4) is 21.7 Å². The number of rotatable bonds is 5. The zero-order valence-corrected chi connectivity index (χ0v) is 15.8. The van der Waals surface area contributed by atoms with Crippen molar-refractivity contribution in [2.24, 2.45) is 5.10 Å². The van der Waals surface area contributed by atoms with E-state index in [1.165, 1.54) is 0 Å². The second-order valence-corrected chi connectivity index (χ2v) is 7.13. The van der Waals surface area contributed by atoms with Crippen molar-refractivity contribution in [1.82, 2.24) is 9.97 Å². The summed E-state index contributed by atoms with van der Waals surface area (Å²) in [4.78, 5) is 10.0. The van der Waals surface area contributed by atoms with Gasteiger partial charge in [0.15, 0.2) is 0 Å². The van der Waals surface area contributed by atoms with Crippen LogP contribution in [0.2, 0.25) is 5.02 Å². The minimum atomic E-state index is 0.711. The molecule has 2 aromatic heterocycles. The highest BCUT2D eigenvalue weighted by Crippen LogP contribution is 2.39. The minimum absolute atomic E-state index is 0.711. The van der Waals surface area contributed by atoms with Gasteiger partial charge in [-0.1, -0.05) is 71.5 Å². The summed E-state index contributed by atoms with van der Waals surface area (Å²) >= 11 is 7.59. The average Bonchev–Trinajstić information content (AvgIpc) is 3.14. The van der Waals surface area contributed by atoms with Gasteiger partial charge < -0.3 is 0 Å². The highest BCUT2D eigenvalue weighted by molar-refractivity contribution is 7.19. The molecule has 0 bridgehead atoms. The Morgan fingerprint density at radius 3 is 2.41 bits per heavy atom. The molecule has 4 nitrogen and oxygen atoms in total. The largest absolute Gasteiger partial charge is 0.255 e. The molecular weight excluding hydrogens is 376 g/mol. The molecule has 27 heavy (non-hydrogen) atoms. The van der Waals surface area contributed by atoms with Crippen molar-refractivity contribution >= 4 is 34.3 Å². The molecule has 0 aliphatic heterocycles. The van der Waals surface area contributed by atoms with E-state index in [9.17, 15) is 0 Å². The Labute approximate surface area is 166 Å². The predicted molar refractivity (Wildman–Crippen MR) is 113 cm³/mol. The normalized spacial score (nSPS) is 11.0. The summed E-state index contributed by atoms with van der Waals surface area (Å²) in [5, 5.41) is 5.68. The van der Waals surface area contributed by atoms with Crippen LogP contribution in [-0.4, -0.2) is 16.2 Å². The first-order valence-corrected chi connectivity index (χ1v) is 9.51. The molecule has 0 amide bonds.